The molecule has 1 unspecified atom stereocenters. The van der Waals surface area contributed by atoms with E-state index in [1.54, 1.807) is 0 Å². The van der Waals surface area contributed by atoms with Crippen molar-refractivity contribution in [3.05, 3.63) is 29.6 Å². The van der Waals surface area contributed by atoms with E-state index in [0.29, 0.717) is 19.7 Å². The molecule has 0 aliphatic carbocycles. The molecule has 0 aliphatic rings. The molecule has 0 bridgehead atoms. The molecule has 1 N–H and O–H groups in total. The molecule has 0 fully saturated rings. The number of rotatable bonds is 6. The minimum absolute atomic E-state index is 0.125. The Hall–Kier alpha value is -1.42. The number of aryl methyl sites for hydroxylation is 1. The molecule has 0 aliphatic heterocycles. The number of hydrogen-bond donors (Lipinski definition) is 1. The average molecular weight is 236 g/mol. The Morgan fingerprint density at radius 2 is 2.29 bits per heavy atom. The minimum atomic E-state index is -0.155. The summed E-state index contributed by atoms with van der Waals surface area (Å²) in [5, 5.41) is 3.20. The van der Waals surface area contributed by atoms with Crippen LogP contribution in [0.15, 0.2) is 18.2 Å². The lowest BCUT2D eigenvalue weighted by molar-refractivity contribution is -0.147. The first-order chi connectivity index (χ1) is 8.13. The molecule has 0 saturated heterocycles. The van der Waals surface area contributed by atoms with E-state index in [1.165, 1.54) is 0 Å². The number of carbonyl (C=O) groups excluding carboxylic acids is 1. The van der Waals surface area contributed by atoms with Gasteiger partial charge in [0.05, 0.1) is 18.2 Å². The van der Waals surface area contributed by atoms with Crippen molar-refractivity contribution in [3.63, 3.8) is 0 Å². The van der Waals surface area contributed by atoms with Gasteiger partial charge >= 0.3 is 5.97 Å². The summed E-state index contributed by atoms with van der Waals surface area (Å²) in [6, 6.07) is 5.91. The Morgan fingerprint density at radius 1 is 1.53 bits per heavy atom. The third-order valence-electron chi connectivity index (χ3n) is 2.39. The van der Waals surface area contributed by atoms with Crippen molar-refractivity contribution in [1.29, 1.82) is 0 Å². The highest BCUT2D eigenvalue weighted by atomic mass is 16.5. The van der Waals surface area contributed by atoms with Gasteiger partial charge in [0.1, 0.15) is 0 Å². The largest absolute Gasteiger partial charge is 0.466 e. The predicted molar refractivity (Wildman–Crippen MR) is 66.5 cm³/mol. The summed E-state index contributed by atoms with van der Waals surface area (Å²) in [5.74, 6) is -0.281. The average Bonchev–Trinajstić information content (AvgIpc) is 2.29. The first-order valence-electron chi connectivity index (χ1n) is 5.93. The van der Waals surface area contributed by atoms with Crippen LogP contribution >= 0.6 is 0 Å². The summed E-state index contributed by atoms with van der Waals surface area (Å²) < 4.78 is 4.93. The molecule has 0 saturated carbocycles. The molecule has 0 spiro atoms. The molecule has 94 valence electrons. The van der Waals surface area contributed by atoms with Crippen molar-refractivity contribution >= 4 is 5.97 Å². The topological polar surface area (TPSA) is 51.2 Å². The minimum Gasteiger partial charge on any atom is -0.466 e. The van der Waals surface area contributed by atoms with Crippen molar-refractivity contribution in [3.8, 4) is 0 Å². The van der Waals surface area contributed by atoms with E-state index >= 15 is 0 Å². The summed E-state index contributed by atoms with van der Waals surface area (Å²) in [6.45, 7) is 7.34. The molecule has 1 atom stereocenters. The highest BCUT2D eigenvalue weighted by molar-refractivity contribution is 5.72. The maximum absolute atomic E-state index is 11.4. The fourth-order valence-electron chi connectivity index (χ4n) is 1.48. The van der Waals surface area contributed by atoms with Crippen LogP contribution in [0.2, 0.25) is 0 Å². The predicted octanol–water partition coefficient (Wildman–Crippen LogP) is 1.68. The van der Waals surface area contributed by atoms with Crippen molar-refractivity contribution in [2.75, 3.05) is 13.2 Å². The van der Waals surface area contributed by atoms with Gasteiger partial charge in [0.15, 0.2) is 0 Å². The number of carbonyl (C=O) groups is 1. The summed E-state index contributed by atoms with van der Waals surface area (Å²) in [4.78, 5) is 15.7. The number of pyridine rings is 1. The fourth-order valence-corrected chi connectivity index (χ4v) is 1.48. The second-order valence-electron chi connectivity index (χ2n) is 4.05. The zero-order valence-electron chi connectivity index (χ0n) is 10.7. The molecule has 0 amide bonds. The standard InChI is InChI=1S/C13H20N2O2/c1-4-17-13(16)10(2)8-14-9-12-7-5-6-11(3)15-12/h5-7,10,14H,4,8-9H2,1-3H3. The van der Waals surface area contributed by atoms with E-state index in [9.17, 15) is 4.79 Å². The lowest BCUT2D eigenvalue weighted by Gasteiger charge is -2.11. The Morgan fingerprint density at radius 3 is 2.94 bits per heavy atom. The van der Waals surface area contributed by atoms with Crippen LogP contribution in [0.5, 0.6) is 0 Å². The zero-order valence-corrected chi connectivity index (χ0v) is 10.7. The lowest BCUT2D eigenvalue weighted by atomic mass is 10.2. The van der Waals surface area contributed by atoms with Crippen LogP contribution in [0.3, 0.4) is 0 Å². The van der Waals surface area contributed by atoms with Crippen molar-refractivity contribution in [2.24, 2.45) is 5.92 Å². The third kappa shape index (κ3) is 4.95. The van der Waals surface area contributed by atoms with Crippen molar-refractivity contribution in [1.82, 2.24) is 10.3 Å². The molecule has 1 aromatic heterocycles. The first kappa shape index (κ1) is 13.6. The van der Waals surface area contributed by atoms with Crippen LogP contribution in [-0.2, 0) is 16.1 Å². The normalized spacial score (nSPS) is 12.2. The maximum Gasteiger partial charge on any atom is 0.309 e. The Balaban J connectivity index is 2.30. The second-order valence-corrected chi connectivity index (χ2v) is 4.05. The Bertz CT molecular complexity index is 366. The lowest BCUT2D eigenvalue weighted by Crippen LogP contribution is -2.27. The highest BCUT2D eigenvalue weighted by Gasteiger charge is 2.12. The number of hydrogen-bond acceptors (Lipinski definition) is 4. The summed E-state index contributed by atoms with van der Waals surface area (Å²) in [7, 11) is 0. The highest BCUT2D eigenvalue weighted by Crippen LogP contribution is 2.00. The first-order valence-corrected chi connectivity index (χ1v) is 5.93. The van der Waals surface area contributed by atoms with Gasteiger partial charge in [0.2, 0.25) is 0 Å². The summed E-state index contributed by atoms with van der Waals surface area (Å²) >= 11 is 0. The van der Waals surface area contributed by atoms with Gasteiger partial charge in [-0.15, -0.1) is 0 Å². The van der Waals surface area contributed by atoms with Crippen LogP contribution in [0, 0.1) is 12.8 Å². The molecule has 4 heteroatoms. The van der Waals surface area contributed by atoms with Gasteiger partial charge in [-0.1, -0.05) is 13.0 Å². The van der Waals surface area contributed by atoms with Gasteiger partial charge in [0, 0.05) is 18.8 Å². The number of nitrogens with one attached hydrogen (secondary N) is 1. The fraction of sp³-hybridized carbons (Fsp3) is 0.538. The van der Waals surface area contributed by atoms with Crippen LogP contribution < -0.4 is 5.32 Å². The SMILES string of the molecule is CCOC(=O)C(C)CNCc1cccc(C)n1. The van der Waals surface area contributed by atoms with E-state index in [-0.39, 0.29) is 11.9 Å². The van der Waals surface area contributed by atoms with Crippen LogP contribution in [0.4, 0.5) is 0 Å². The van der Waals surface area contributed by atoms with Crippen molar-refractivity contribution in [2.45, 2.75) is 27.3 Å². The van der Waals surface area contributed by atoms with Gasteiger partial charge in [-0.25, -0.2) is 0 Å². The molecular formula is C13H20N2O2. The molecule has 4 nitrogen and oxygen atoms in total. The van der Waals surface area contributed by atoms with E-state index in [4.69, 9.17) is 4.74 Å². The molecule has 1 aromatic rings. The van der Waals surface area contributed by atoms with E-state index in [1.807, 2.05) is 39.0 Å². The van der Waals surface area contributed by atoms with E-state index < -0.39 is 0 Å². The van der Waals surface area contributed by atoms with Crippen LogP contribution in [0.1, 0.15) is 25.2 Å². The molecular weight excluding hydrogens is 216 g/mol. The molecule has 17 heavy (non-hydrogen) atoms. The quantitative estimate of drug-likeness (QED) is 0.763. The zero-order chi connectivity index (χ0) is 12.7. The van der Waals surface area contributed by atoms with E-state index in [2.05, 4.69) is 10.3 Å². The smallest absolute Gasteiger partial charge is 0.309 e. The number of aromatic nitrogens is 1. The molecule has 1 rings (SSSR count). The molecule has 0 radical (unpaired) electrons. The van der Waals surface area contributed by atoms with Gasteiger partial charge in [-0.3, -0.25) is 9.78 Å². The maximum atomic E-state index is 11.4. The second kappa shape index (κ2) is 7.01. The van der Waals surface area contributed by atoms with Gasteiger partial charge in [-0.2, -0.15) is 0 Å². The van der Waals surface area contributed by atoms with E-state index in [0.717, 1.165) is 11.4 Å². The number of nitrogens with zero attached hydrogens (tertiary/aromatic N) is 1. The third-order valence-corrected chi connectivity index (χ3v) is 2.39. The van der Waals surface area contributed by atoms with Gasteiger partial charge in [-0.05, 0) is 26.0 Å². The van der Waals surface area contributed by atoms with Crippen molar-refractivity contribution < 1.29 is 9.53 Å². The summed E-state index contributed by atoms with van der Waals surface area (Å²) in [6.07, 6.45) is 0. The van der Waals surface area contributed by atoms with Crippen LogP contribution in [0.25, 0.3) is 0 Å². The number of esters is 1. The van der Waals surface area contributed by atoms with Crippen LogP contribution in [-0.4, -0.2) is 24.1 Å². The van der Waals surface area contributed by atoms with Gasteiger partial charge in [0.25, 0.3) is 0 Å². The Labute approximate surface area is 102 Å². The van der Waals surface area contributed by atoms with Gasteiger partial charge < -0.3 is 10.1 Å². The number of ether oxygens (including phenoxy) is 1. The Kier molecular flexibility index (Phi) is 5.63. The monoisotopic (exact) mass is 236 g/mol. The molecule has 1 heterocycles. The molecule has 0 aromatic carbocycles. The summed E-state index contributed by atoms with van der Waals surface area (Å²) in [5.41, 5.74) is 1.99.